The quantitative estimate of drug-likeness (QED) is 0.868. The molecule has 2 unspecified atom stereocenters. The Balaban J connectivity index is 1.91. The van der Waals surface area contributed by atoms with Gasteiger partial charge in [-0.15, -0.1) is 0 Å². The summed E-state index contributed by atoms with van der Waals surface area (Å²) in [5, 5.41) is 7.13. The van der Waals surface area contributed by atoms with Gasteiger partial charge in [0.1, 0.15) is 0 Å². The zero-order chi connectivity index (χ0) is 13.8. The molecule has 1 saturated heterocycles. The third-order valence-corrected chi connectivity index (χ3v) is 5.60. The Morgan fingerprint density at radius 1 is 1.15 bits per heavy atom. The normalized spacial score (nSPS) is 20.9. The predicted octanol–water partition coefficient (Wildman–Crippen LogP) is 4.78. The molecule has 2 heteroatoms. The SMILES string of the molecule is CCNC(c1ccc2ccccc2c1)C1CCCCS1. The summed E-state index contributed by atoms with van der Waals surface area (Å²) in [6, 6.07) is 16.1. The van der Waals surface area contributed by atoms with E-state index >= 15 is 0 Å². The van der Waals surface area contributed by atoms with Gasteiger partial charge in [0.25, 0.3) is 0 Å². The largest absolute Gasteiger partial charge is 0.309 e. The van der Waals surface area contributed by atoms with E-state index < -0.39 is 0 Å². The standard InChI is InChI=1S/C18H23NS/c1-2-19-18(17-9-5-6-12-20-17)16-11-10-14-7-3-4-8-15(14)13-16/h3-4,7-8,10-11,13,17-19H,2,5-6,9,12H2,1H3. The average Bonchev–Trinajstić information content (AvgIpc) is 2.53. The van der Waals surface area contributed by atoms with Crippen LogP contribution in [0.5, 0.6) is 0 Å². The van der Waals surface area contributed by atoms with Crippen molar-refractivity contribution in [2.45, 2.75) is 37.5 Å². The molecule has 0 spiro atoms. The van der Waals surface area contributed by atoms with E-state index in [0.717, 1.165) is 11.8 Å². The van der Waals surface area contributed by atoms with Gasteiger partial charge in [0.2, 0.25) is 0 Å². The van der Waals surface area contributed by atoms with E-state index in [0.29, 0.717) is 6.04 Å². The fourth-order valence-corrected chi connectivity index (χ4v) is 4.57. The number of hydrogen-bond acceptors (Lipinski definition) is 2. The zero-order valence-corrected chi connectivity index (χ0v) is 13.0. The van der Waals surface area contributed by atoms with E-state index in [2.05, 4.69) is 66.5 Å². The fourth-order valence-electron chi connectivity index (χ4n) is 3.11. The summed E-state index contributed by atoms with van der Waals surface area (Å²) >= 11 is 2.15. The van der Waals surface area contributed by atoms with Crippen molar-refractivity contribution in [3.63, 3.8) is 0 Å². The molecule has 3 rings (SSSR count). The highest BCUT2D eigenvalue weighted by Crippen LogP contribution is 2.35. The topological polar surface area (TPSA) is 12.0 Å². The number of rotatable bonds is 4. The minimum absolute atomic E-state index is 0.495. The molecule has 2 atom stereocenters. The van der Waals surface area contributed by atoms with Crippen molar-refractivity contribution in [1.29, 1.82) is 0 Å². The first kappa shape index (κ1) is 14.0. The first-order valence-corrected chi connectivity index (χ1v) is 8.77. The highest BCUT2D eigenvalue weighted by Gasteiger charge is 2.24. The summed E-state index contributed by atoms with van der Waals surface area (Å²) in [6.45, 7) is 3.25. The molecule has 1 nitrogen and oxygen atoms in total. The monoisotopic (exact) mass is 285 g/mol. The molecule has 0 saturated carbocycles. The maximum absolute atomic E-state index is 3.71. The van der Waals surface area contributed by atoms with Gasteiger partial charge < -0.3 is 5.32 Å². The molecule has 1 aliphatic rings. The third-order valence-electron chi connectivity index (χ3n) is 4.14. The molecule has 2 aromatic rings. The molecule has 1 fully saturated rings. The van der Waals surface area contributed by atoms with Crippen molar-refractivity contribution in [2.24, 2.45) is 0 Å². The summed E-state index contributed by atoms with van der Waals surface area (Å²) in [5.74, 6) is 1.32. The van der Waals surface area contributed by atoms with Crippen molar-refractivity contribution < 1.29 is 0 Å². The van der Waals surface area contributed by atoms with E-state index in [-0.39, 0.29) is 0 Å². The smallest absolute Gasteiger partial charge is 0.0440 e. The molecule has 1 N–H and O–H groups in total. The second-order valence-corrected chi connectivity index (χ2v) is 6.89. The first-order chi connectivity index (χ1) is 9.88. The lowest BCUT2D eigenvalue weighted by Gasteiger charge is -2.31. The molecule has 0 aromatic heterocycles. The van der Waals surface area contributed by atoms with Crippen LogP contribution in [0.25, 0.3) is 10.8 Å². The van der Waals surface area contributed by atoms with Gasteiger partial charge in [-0.25, -0.2) is 0 Å². The molecule has 0 radical (unpaired) electrons. The highest BCUT2D eigenvalue weighted by molar-refractivity contribution is 8.00. The van der Waals surface area contributed by atoms with Crippen LogP contribution in [0.1, 0.15) is 37.8 Å². The molecule has 0 aliphatic carbocycles. The maximum atomic E-state index is 3.71. The van der Waals surface area contributed by atoms with Crippen LogP contribution in [0.3, 0.4) is 0 Å². The van der Waals surface area contributed by atoms with Gasteiger partial charge in [-0.3, -0.25) is 0 Å². The first-order valence-electron chi connectivity index (χ1n) is 7.72. The molecule has 1 aliphatic heterocycles. The molecule has 106 valence electrons. The third kappa shape index (κ3) is 3.02. The minimum atomic E-state index is 0.495. The Labute approximate surface area is 126 Å². The van der Waals surface area contributed by atoms with Crippen LogP contribution in [-0.4, -0.2) is 17.5 Å². The van der Waals surface area contributed by atoms with Crippen molar-refractivity contribution in [3.05, 3.63) is 48.0 Å². The molecule has 20 heavy (non-hydrogen) atoms. The number of nitrogens with one attached hydrogen (secondary N) is 1. The van der Waals surface area contributed by atoms with E-state index in [9.17, 15) is 0 Å². The van der Waals surface area contributed by atoms with Gasteiger partial charge in [0, 0.05) is 11.3 Å². The Morgan fingerprint density at radius 3 is 2.75 bits per heavy atom. The van der Waals surface area contributed by atoms with Crippen LogP contribution >= 0.6 is 11.8 Å². The molecule has 2 aromatic carbocycles. The van der Waals surface area contributed by atoms with E-state index in [1.807, 2.05) is 0 Å². The second-order valence-electron chi connectivity index (χ2n) is 5.55. The van der Waals surface area contributed by atoms with Gasteiger partial charge >= 0.3 is 0 Å². The van der Waals surface area contributed by atoms with E-state index in [1.165, 1.54) is 41.4 Å². The molecule has 0 bridgehead atoms. The predicted molar refractivity (Wildman–Crippen MR) is 90.5 cm³/mol. The Morgan fingerprint density at radius 2 is 2.00 bits per heavy atom. The Kier molecular flexibility index (Phi) is 4.64. The number of hydrogen-bond donors (Lipinski definition) is 1. The van der Waals surface area contributed by atoms with Crippen LogP contribution in [0.2, 0.25) is 0 Å². The lowest BCUT2D eigenvalue weighted by atomic mass is 9.97. The second kappa shape index (κ2) is 6.64. The number of fused-ring (bicyclic) bond motifs is 1. The summed E-state index contributed by atoms with van der Waals surface area (Å²) in [4.78, 5) is 0. The van der Waals surface area contributed by atoms with Crippen molar-refractivity contribution in [1.82, 2.24) is 5.32 Å². The maximum Gasteiger partial charge on any atom is 0.0440 e. The van der Waals surface area contributed by atoms with Crippen LogP contribution in [0.4, 0.5) is 0 Å². The summed E-state index contributed by atoms with van der Waals surface area (Å²) in [5.41, 5.74) is 1.45. The van der Waals surface area contributed by atoms with Gasteiger partial charge in [-0.2, -0.15) is 11.8 Å². The minimum Gasteiger partial charge on any atom is -0.309 e. The lowest BCUT2D eigenvalue weighted by molar-refractivity contribution is 0.492. The summed E-state index contributed by atoms with van der Waals surface area (Å²) < 4.78 is 0. The average molecular weight is 285 g/mol. The van der Waals surface area contributed by atoms with Crippen molar-refractivity contribution >= 4 is 22.5 Å². The van der Waals surface area contributed by atoms with Crippen LogP contribution in [-0.2, 0) is 0 Å². The molecule has 0 amide bonds. The van der Waals surface area contributed by atoms with Gasteiger partial charge in [0.05, 0.1) is 0 Å². The van der Waals surface area contributed by atoms with Crippen LogP contribution in [0, 0.1) is 0 Å². The van der Waals surface area contributed by atoms with Gasteiger partial charge in [0.15, 0.2) is 0 Å². The van der Waals surface area contributed by atoms with Crippen molar-refractivity contribution in [2.75, 3.05) is 12.3 Å². The van der Waals surface area contributed by atoms with E-state index in [1.54, 1.807) is 0 Å². The summed E-state index contributed by atoms with van der Waals surface area (Å²) in [6.07, 6.45) is 4.11. The van der Waals surface area contributed by atoms with E-state index in [4.69, 9.17) is 0 Å². The van der Waals surface area contributed by atoms with Crippen LogP contribution in [0.15, 0.2) is 42.5 Å². The Hall–Kier alpha value is -0.990. The molecular weight excluding hydrogens is 262 g/mol. The lowest BCUT2D eigenvalue weighted by Crippen LogP contribution is -2.31. The van der Waals surface area contributed by atoms with Gasteiger partial charge in [-0.1, -0.05) is 49.7 Å². The number of benzene rings is 2. The molecule has 1 heterocycles. The Bertz CT molecular complexity index is 560. The van der Waals surface area contributed by atoms with Gasteiger partial charge in [-0.05, 0) is 47.5 Å². The fraction of sp³-hybridized carbons (Fsp3) is 0.444. The number of thioether (sulfide) groups is 1. The molecular formula is C18H23NS. The van der Waals surface area contributed by atoms with Crippen molar-refractivity contribution in [3.8, 4) is 0 Å². The van der Waals surface area contributed by atoms with Crippen LogP contribution < -0.4 is 5.32 Å². The summed E-state index contributed by atoms with van der Waals surface area (Å²) in [7, 11) is 0. The highest BCUT2D eigenvalue weighted by atomic mass is 32.2. The zero-order valence-electron chi connectivity index (χ0n) is 12.1.